The van der Waals surface area contributed by atoms with Crippen molar-refractivity contribution in [2.45, 2.75) is 70.0 Å². The van der Waals surface area contributed by atoms with Gasteiger partial charge in [-0.25, -0.2) is 4.79 Å². The lowest BCUT2D eigenvalue weighted by atomic mass is 9.89. The minimum Gasteiger partial charge on any atom is -0.455 e. The van der Waals surface area contributed by atoms with Crippen LogP contribution < -0.4 is 10.6 Å². The van der Waals surface area contributed by atoms with Gasteiger partial charge in [-0.1, -0.05) is 30.3 Å². The molecule has 1 saturated heterocycles. The molecular formula is C22H30N2O7. The van der Waals surface area contributed by atoms with E-state index in [-0.39, 0.29) is 18.2 Å². The molecule has 2 aliphatic rings. The van der Waals surface area contributed by atoms with Crippen molar-refractivity contribution in [3.05, 3.63) is 47.7 Å². The highest BCUT2D eigenvalue weighted by Gasteiger charge is 2.46. The standard InChI is InChI=1S/C22H30N2O7/c1-12(25)23-17-15(26)10-14(20(28)31-22(2,3)4)24-18(17)19-16(27)11-29-21(30-19)13-8-6-5-7-9-13/h5-10,15-19,21,24,26-27H,11H2,1-4H3,(H,23,25)/t15-,16?,17+,18?,19?,21?/m0/s1. The number of hydrogen-bond donors (Lipinski definition) is 4. The van der Waals surface area contributed by atoms with E-state index in [1.807, 2.05) is 30.3 Å². The van der Waals surface area contributed by atoms with Gasteiger partial charge in [-0.05, 0) is 26.8 Å². The van der Waals surface area contributed by atoms with Crippen molar-refractivity contribution >= 4 is 11.9 Å². The summed E-state index contributed by atoms with van der Waals surface area (Å²) >= 11 is 0. The number of nitrogens with one attached hydrogen (secondary N) is 2. The van der Waals surface area contributed by atoms with Crippen LogP contribution >= 0.6 is 0 Å². The smallest absolute Gasteiger partial charge is 0.354 e. The molecule has 3 rings (SSSR count). The number of amides is 1. The molecule has 9 nitrogen and oxygen atoms in total. The summed E-state index contributed by atoms with van der Waals surface area (Å²) in [6.07, 6.45) is -2.60. The summed E-state index contributed by atoms with van der Waals surface area (Å²) in [4.78, 5) is 24.4. The molecular weight excluding hydrogens is 404 g/mol. The molecule has 0 radical (unpaired) electrons. The zero-order valence-corrected chi connectivity index (χ0v) is 18.1. The van der Waals surface area contributed by atoms with Crippen molar-refractivity contribution < 1.29 is 34.0 Å². The second-order valence-electron chi connectivity index (χ2n) is 8.71. The maximum absolute atomic E-state index is 12.6. The lowest BCUT2D eigenvalue weighted by molar-refractivity contribution is -0.265. The van der Waals surface area contributed by atoms with Crippen molar-refractivity contribution in [3.8, 4) is 0 Å². The first-order valence-electron chi connectivity index (χ1n) is 10.2. The quantitative estimate of drug-likeness (QED) is 0.506. The van der Waals surface area contributed by atoms with Crippen LogP contribution in [-0.2, 0) is 23.8 Å². The van der Waals surface area contributed by atoms with Crippen LogP contribution in [0.3, 0.4) is 0 Å². The van der Waals surface area contributed by atoms with E-state index in [0.717, 1.165) is 5.56 Å². The Balaban J connectivity index is 1.87. The largest absolute Gasteiger partial charge is 0.455 e. The molecule has 1 aromatic rings. The Morgan fingerprint density at radius 1 is 1.19 bits per heavy atom. The van der Waals surface area contributed by atoms with E-state index >= 15 is 0 Å². The van der Waals surface area contributed by atoms with Crippen LogP contribution in [0.1, 0.15) is 39.5 Å². The van der Waals surface area contributed by atoms with E-state index in [4.69, 9.17) is 14.2 Å². The molecule has 31 heavy (non-hydrogen) atoms. The van der Waals surface area contributed by atoms with Crippen LogP contribution in [0.15, 0.2) is 42.1 Å². The van der Waals surface area contributed by atoms with E-state index in [1.165, 1.54) is 13.0 Å². The van der Waals surface area contributed by atoms with Crippen molar-refractivity contribution in [1.29, 1.82) is 0 Å². The number of ether oxygens (including phenoxy) is 3. The van der Waals surface area contributed by atoms with E-state index in [2.05, 4.69) is 10.6 Å². The number of aliphatic hydroxyl groups is 2. The molecule has 0 spiro atoms. The van der Waals surface area contributed by atoms with E-state index in [1.54, 1.807) is 20.8 Å². The molecule has 1 fully saturated rings. The summed E-state index contributed by atoms with van der Waals surface area (Å²) in [6, 6.07) is 7.54. The molecule has 1 aromatic carbocycles. The Bertz CT molecular complexity index is 821. The Morgan fingerprint density at radius 2 is 1.87 bits per heavy atom. The van der Waals surface area contributed by atoms with Gasteiger partial charge >= 0.3 is 5.97 Å². The van der Waals surface area contributed by atoms with Gasteiger partial charge in [0.25, 0.3) is 0 Å². The maximum Gasteiger partial charge on any atom is 0.354 e. The highest BCUT2D eigenvalue weighted by Crippen LogP contribution is 2.31. The molecule has 4 unspecified atom stereocenters. The van der Waals surface area contributed by atoms with Crippen LogP contribution in [0.4, 0.5) is 0 Å². The average molecular weight is 434 g/mol. The predicted octanol–water partition coefficient (Wildman–Crippen LogP) is 0.524. The fraction of sp³-hybridized carbons (Fsp3) is 0.545. The molecule has 170 valence electrons. The molecule has 2 aliphatic heterocycles. The highest BCUT2D eigenvalue weighted by molar-refractivity contribution is 5.88. The fourth-order valence-electron chi connectivity index (χ4n) is 3.62. The molecule has 6 atom stereocenters. The number of carbonyl (C=O) groups is 2. The molecule has 0 aromatic heterocycles. The first kappa shape index (κ1) is 23.2. The van der Waals surface area contributed by atoms with Crippen LogP contribution in [0.25, 0.3) is 0 Å². The highest BCUT2D eigenvalue weighted by atomic mass is 16.7. The van der Waals surface area contributed by atoms with E-state index in [0.29, 0.717) is 0 Å². The van der Waals surface area contributed by atoms with Crippen molar-refractivity contribution in [2.75, 3.05) is 6.61 Å². The summed E-state index contributed by atoms with van der Waals surface area (Å²) in [6.45, 7) is 6.51. The number of hydrogen-bond acceptors (Lipinski definition) is 8. The summed E-state index contributed by atoms with van der Waals surface area (Å²) < 4.78 is 17.1. The van der Waals surface area contributed by atoms with Crippen LogP contribution in [0.2, 0.25) is 0 Å². The summed E-state index contributed by atoms with van der Waals surface area (Å²) in [5.41, 5.74) is 0.0593. The first-order chi connectivity index (χ1) is 14.5. The second-order valence-corrected chi connectivity index (χ2v) is 8.71. The molecule has 0 saturated carbocycles. The van der Waals surface area contributed by atoms with E-state index in [9.17, 15) is 19.8 Å². The number of carbonyl (C=O) groups excluding carboxylic acids is 2. The Kier molecular flexibility index (Phi) is 7.00. The minimum atomic E-state index is -1.20. The zero-order valence-electron chi connectivity index (χ0n) is 18.1. The molecule has 1 amide bonds. The van der Waals surface area contributed by atoms with Crippen molar-refractivity contribution in [1.82, 2.24) is 10.6 Å². The number of rotatable bonds is 4. The molecule has 0 aliphatic carbocycles. The van der Waals surface area contributed by atoms with Gasteiger partial charge < -0.3 is 35.1 Å². The second kappa shape index (κ2) is 9.35. The summed E-state index contributed by atoms with van der Waals surface area (Å²) in [5.74, 6) is -1.02. The predicted molar refractivity (Wildman–Crippen MR) is 110 cm³/mol. The van der Waals surface area contributed by atoms with Gasteiger partial charge in [0.15, 0.2) is 6.29 Å². The van der Waals surface area contributed by atoms with E-state index < -0.39 is 48.3 Å². The zero-order chi connectivity index (χ0) is 22.8. The Morgan fingerprint density at radius 3 is 2.48 bits per heavy atom. The lowest BCUT2D eigenvalue weighted by Crippen LogP contribution is -2.66. The third-order valence-electron chi connectivity index (χ3n) is 4.91. The SMILES string of the molecule is CC(=O)N[C@H]1C(C2OC(c3ccccc3)OCC2O)NC(C(=O)OC(C)(C)C)=C[C@@H]1O. The van der Waals surface area contributed by atoms with Crippen molar-refractivity contribution in [3.63, 3.8) is 0 Å². The molecule has 2 heterocycles. The van der Waals surface area contributed by atoms with Gasteiger partial charge in [0.2, 0.25) is 5.91 Å². The van der Waals surface area contributed by atoms with Crippen LogP contribution in [-0.4, -0.2) is 64.7 Å². The third-order valence-corrected chi connectivity index (χ3v) is 4.91. The molecule has 4 N–H and O–H groups in total. The minimum absolute atomic E-state index is 0.0171. The number of esters is 1. The average Bonchev–Trinajstić information content (AvgIpc) is 2.69. The van der Waals surface area contributed by atoms with Crippen LogP contribution in [0, 0.1) is 0 Å². The third kappa shape index (κ3) is 5.82. The van der Waals surface area contributed by atoms with Gasteiger partial charge in [0.05, 0.1) is 24.8 Å². The van der Waals surface area contributed by atoms with Gasteiger partial charge in [0.1, 0.15) is 23.5 Å². The van der Waals surface area contributed by atoms with Gasteiger partial charge in [-0.3, -0.25) is 4.79 Å². The molecule has 0 bridgehead atoms. The first-order valence-corrected chi connectivity index (χ1v) is 10.2. The molecule has 9 heteroatoms. The fourth-order valence-corrected chi connectivity index (χ4v) is 3.62. The van der Waals surface area contributed by atoms with Gasteiger partial charge in [0, 0.05) is 12.5 Å². The maximum atomic E-state index is 12.6. The van der Waals surface area contributed by atoms with Crippen LogP contribution in [0.5, 0.6) is 0 Å². The topological polar surface area (TPSA) is 126 Å². The normalized spacial score (nSPS) is 31.2. The Hall–Kier alpha value is -2.46. The van der Waals surface area contributed by atoms with Gasteiger partial charge in [-0.2, -0.15) is 0 Å². The lowest BCUT2D eigenvalue weighted by Gasteiger charge is -2.44. The summed E-state index contributed by atoms with van der Waals surface area (Å²) in [7, 11) is 0. The summed E-state index contributed by atoms with van der Waals surface area (Å²) in [5, 5.41) is 27.0. The van der Waals surface area contributed by atoms with Crippen molar-refractivity contribution in [2.24, 2.45) is 0 Å². The number of aliphatic hydroxyl groups excluding tert-OH is 2. The Labute approximate surface area is 181 Å². The van der Waals surface area contributed by atoms with Gasteiger partial charge in [-0.15, -0.1) is 0 Å². The monoisotopic (exact) mass is 434 g/mol. The number of benzene rings is 1.